The third kappa shape index (κ3) is 2.20. The highest BCUT2D eigenvalue weighted by Crippen LogP contribution is 2.27. The zero-order valence-corrected chi connectivity index (χ0v) is 10.1. The Morgan fingerprint density at radius 3 is 2.88 bits per heavy atom. The van der Waals surface area contributed by atoms with Crippen LogP contribution >= 0.6 is 0 Å². The Bertz CT molecular complexity index is 365. The fraction of sp³-hybridized carbons (Fsp3) is 0.538. The number of methoxy groups -OCH3 is 1. The molecule has 1 aromatic rings. The van der Waals surface area contributed by atoms with Gasteiger partial charge in [0, 0.05) is 6.54 Å². The van der Waals surface area contributed by atoms with Crippen LogP contribution < -0.4 is 10.1 Å². The first-order valence-electron chi connectivity index (χ1n) is 5.80. The van der Waals surface area contributed by atoms with E-state index in [0.29, 0.717) is 0 Å². The summed E-state index contributed by atoms with van der Waals surface area (Å²) in [6.45, 7) is 5.05. The lowest BCUT2D eigenvalue weighted by Gasteiger charge is -2.13. The van der Waals surface area contributed by atoms with Crippen molar-refractivity contribution < 1.29 is 9.47 Å². The van der Waals surface area contributed by atoms with E-state index in [4.69, 9.17) is 9.47 Å². The predicted molar refractivity (Wildman–Crippen MR) is 63.7 cm³/mol. The van der Waals surface area contributed by atoms with Gasteiger partial charge in [-0.15, -0.1) is 0 Å². The molecular weight excluding hydrogens is 202 g/mol. The van der Waals surface area contributed by atoms with Crippen molar-refractivity contribution in [2.45, 2.75) is 32.6 Å². The Labute approximate surface area is 96.8 Å². The first-order valence-corrected chi connectivity index (χ1v) is 5.80. The van der Waals surface area contributed by atoms with Crippen molar-refractivity contribution in [3.8, 4) is 5.75 Å². The maximum atomic E-state index is 5.77. The minimum absolute atomic E-state index is 0.150. The molecule has 2 atom stereocenters. The molecule has 0 saturated carbocycles. The predicted octanol–water partition coefficient (Wildman–Crippen LogP) is 2.26. The van der Waals surface area contributed by atoms with Gasteiger partial charge in [0.05, 0.1) is 13.2 Å². The summed E-state index contributed by atoms with van der Waals surface area (Å²) in [6.07, 6.45) is 1.30. The Hall–Kier alpha value is -1.06. The SMILES string of the molecule is CCc1cc(C2CNC(C)O2)ccc1OC. The fourth-order valence-electron chi connectivity index (χ4n) is 2.09. The van der Waals surface area contributed by atoms with Crippen LogP contribution in [0, 0.1) is 0 Å². The van der Waals surface area contributed by atoms with Crippen LogP contribution in [-0.2, 0) is 11.2 Å². The van der Waals surface area contributed by atoms with Crippen LogP contribution in [0.4, 0.5) is 0 Å². The zero-order valence-electron chi connectivity index (χ0n) is 10.1. The van der Waals surface area contributed by atoms with E-state index < -0.39 is 0 Å². The van der Waals surface area contributed by atoms with E-state index in [2.05, 4.69) is 24.4 Å². The Balaban J connectivity index is 2.22. The third-order valence-corrected chi connectivity index (χ3v) is 3.02. The molecule has 16 heavy (non-hydrogen) atoms. The van der Waals surface area contributed by atoms with E-state index >= 15 is 0 Å². The molecule has 3 heteroatoms. The second-order valence-corrected chi connectivity index (χ2v) is 4.10. The fourth-order valence-corrected chi connectivity index (χ4v) is 2.09. The lowest BCUT2D eigenvalue weighted by molar-refractivity contribution is 0.0529. The number of nitrogens with one attached hydrogen (secondary N) is 1. The van der Waals surface area contributed by atoms with Crippen LogP contribution in [0.3, 0.4) is 0 Å². The molecule has 0 bridgehead atoms. The number of ether oxygens (including phenoxy) is 2. The molecule has 1 N–H and O–H groups in total. The minimum Gasteiger partial charge on any atom is -0.496 e. The maximum Gasteiger partial charge on any atom is 0.122 e. The monoisotopic (exact) mass is 221 g/mol. The van der Waals surface area contributed by atoms with E-state index in [9.17, 15) is 0 Å². The molecule has 2 unspecified atom stereocenters. The van der Waals surface area contributed by atoms with Gasteiger partial charge in [-0.1, -0.05) is 13.0 Å². The van der Waals surface area contributed by atoms with E-state index in [1.54, 1.807) is 7.11 Å². The third-order valence-electron chi connectivity index (χ3n) is 3.02. The highest BCUT2D eigenvalue weighted by atomic mass is 16.5. The number of aryl methyl sites for hydroxylation is 1. The lowest BCUT2D eigenvalue weighted by atomic mass is 10.0. The minimum atomic E-state index is 0.150. The molecule has 0 amide bonds. The van der Waals surface area contributed by atoms with Gasteiger partial charge < -0.3 is 9.47 Å². The van der Waals surface area contributed by atoms with E-state index in [0.717, 1.165) is 18.7 Å². The second kappa shape index (κ2) is 4.85. The molecule has 3 nitrogen and oxygen atoms in total. The van der Waals surface area contributed by atoms with Crippen LogP contribution in [0.1, 0.15) is 31.1 Å². The van der Waals surface area contributed by atoms with Gasteiger partial charge in [0.2, 0.25) is 0 Å². The summed E-state index contributed by atoms with van der Waals surface area (Å²) in [5.41, 5.74) is 2.47. The smallest absolute Gasteiger partial charge is 0.122 e. The number of rotatable bonds is 3. The number of hydrogen-bond donors (Lipinski definition) is 1. The van der Waals surface area contributed by atoms with Crippen molar-refractivity contribution in [1.82, 2.24) is 5.32 Å². The topological polar surface area (TPSA) is 30.5 Å². The van der Waals surface area contributed by atoms with Crippen molar-refractivity contribution in [2.75, 3.05) is 13.7 Å². The Morgan fingerprint density at radius 1 is 1.50 bits per heavy atom. The van der Waals surface area contributed by atoms with Crippen LogP contribution in [0.5, 0.6) is 5.75 Å². The molecule has 0 radical (unpaired) electrons. The molecule has 1 aliphatic rings. The van der Waals surface area contributed by atoms with Crippen LogP contribution in [0.2, 0.25) is 0 Å². The molecule has 88 valence electrons. The van der Waals surface area contributed by atoms with Gasteiger partial charge >= 0.3 is 0 Å². The van der Waals surface area contributed by atoms with Gasteiger partial charge in [0.15, 0.2) is 0 Å². The Kier molecular flexibility index (Phi) is 3.46. The quantitative estimate of drug-likeness (QED) is 0.849. The second-order valence-electron chi connectivity index (χ2n) is 4.10. The highest BCUT2D eigenvalue weighted by Gasteiger charge is 2.23. The summed E-state index contributed by atoms with van der Waals surface area (Å²) < 4.78 is 11.1. The molecule has 1 saturated heterocycles. The molecular formula is C13H19NO2. The van der Waals surface area contributed by atoms with Crippen LogP contribution in [0.25, 0.3) is 0 Å². The molecule has 1 aliphatic heterocycles. The summed E-state index contributed by atoms with van der Waals surface area (Å²) in [4.78, 5) is 0. The first kappa shape index (κ1) is 11.4. The summed E-state index contributed by atoms with van der Waals surface area (Å²) in [5, 5.41) is 3.28. The molecule has 1 aromatic carbocycles. The zero-order chi connectivity index (χ0) is 11.5. The van der Waals surface area contributed by atoms with E-state index in [1.807, 2.05) is 13.0 Å². The van der Waals surface area contributed by atoms with Gasteiger partial charge in [-0.3, -0.25) is 5.32 Å². The van der Waals surface area contributed by atoms with Gasteiger partial charge in [-0.25, -0.2) is 0 Å². The van der Waals surface area contributed by atoms with Gasteiger partial charge in [-0.2, -0.15) is 0 Å². The summed E-state index contributed by atoms with van der Waals surface area (Å²) in [7, 11) is 1.71. The van der Waals surface area contributed by atoms with Crippen LogP contribution in [-0.4, -0.2) is 19.9 Å². The molecule has 1 fully saturated rings. The van der Waals surface area contributed by atoms with Crippen molar-refractivity contribution in [3.05, 3.63) is 29.3 Å². The molecule has 0 spiro atoms. The van der Waals surface area contributed by atoms with Gasteiger partial charge in [-0.05, 0) is 36.6 Å². The number of benzene rings is 1. The average molecular weight is 221 g/mol. The van der Waals surface area contributed by atoms with Crippen molar-refractivity contribution in [3.63, 3.8) is 0 Å². The van der Waals surface area contributed by atoms with Crippen molar-refractivity contribution in [2.24, 2.45) is 0 Å². The molecule has 1 heterocycles. The van der Waals surface area contributed by atoms with Crippen molar-refractivity contribution in [1.29, 1.82) is 0 Å². The Morgan fingerprint density at radius 2 is 2.31 bits per heavy atom. The lowest BCUT2D eigenvalue weighted by Crippen LogP contribution is -2.17. The first-order chi connectivity index (χ1) is 7.74. The van der Waals surface area contributed by atoms with Crippen molar-refractivity contribution >= 4 is 0 Å². The standard InChI is InChI=1S/C13H19NO2/c1-4-10-7-11(5-6-12(10)15-3)13-8-14-9(2)16-13/h5-7,9,13-14H,4,8H2,1-3H3. The number of hydrogen-bond acceptors (Lipinski definition) is 3. The average Bonchev–Trinajstić information content (AvgIpc) is 2.75. The molecule has 2 rings (SSSR count). The molecule has 0 aromatic heterocycles. The summed E-state index contributed by atoms with van der Waals surface area (Å²) in [6, 6.07) is 6.30. The van der Waals surface area contributed by atoms with Gasteiger partial charge in [0.25, 0.3) is 0 Å². The normalized spacial score (nSPS) is 24.7. The largest absolute Gasteiger partial charge is 0.496 e. The molecule has 0 aliphatic carbocycles. The van der Waals surface area contributed by atoms with Gasteiger partial charge in [0.1, 0.15) is 12.0 Å². The van der Waals surface area contributed by atoms with Crippen LogP contribution in [0.15, 0.2) is 18.2 Å². The highest BCUT2D eigenvalue weighted by molar-refractivity contribution is 5.38. The van der Waals surface area contributed by atoms with E-state index in [-0.39, 0.29) is 12.3 Å². The maximum absolute atomic E-state index is 5.77. The van der Waals surface area contributed by atoms with E-state index in [1.165, 1.54) is 11.1 Å². The summed E-state index contributed by atoms with van der Waals surface area (Å²) >= 11 is 0. The summed E-state index contributed by atoms with van der Waals surface area (Å²) in [5.74, 6) is 0.963.